The highest BCUT2D eigenvalue weighted by atomic mass is 35.5. The zero-order valence-electron chi connectivity index (χ0n) is 17.1. The minimum atomic E-state index is -4.46. The molecule has 8 heteroatoms. The van der Waals surface area contributed by atoms with Crippen molar-refractivity contribution in [3.63, 3.8) is 0 Å². The first-order chi connectivity index (χ1) is 14.7. The number of hydrogen-bond acceptors (Lipinski definition) is 4. The quantitative estimate of drug-likeness (QED) is 0.426. The van der Waals surface area contributed by atoms with Gasteiger partial charge in [-0.2, -0.15) is 13.2 Å². The van der Waals surface area contributed by atoms with E-state index in [0.717, 1.165) is 53.5 Å². The Balaban J connectivity index is 1.74. The van der Waals surface area contributed by atoms with Gasteiger partial charge in [-0.3, -0.25) is 0 Å². The summed E-state index contributed by atoms with van der Waals surface area (Å²) >= 11 is 6.18. The monoisotopic (exact) mass is 451 g/mol. The third-order valence-corrected chi connectivity index (χ3v) is 5.82. The van der Waals surface area contributed by atoms with Crippen LogP contribution in [0.25, 0.3) is 11.0 Å². The molecule has 0 fully saturated rings. The summed E-state index contributed by atoms with van der Waals surface area (Å²) < 4.78 is 50.3. The van der Waals surface area contributed by atoms with Gasteiger partial charge in [0, 0.05) is 29.1 Å². The van der Waals surface area contributed by atoms with Crippen LogP contribution < -0.4 is 15.3 Å². The number of benzene rings is 2. The molecule has 2 aromatic carbocycles. The first-order valence-corrected chi connectivity index (χ1v) is 10.4. The summed E-state index contributed by atoms with van der Waals surface area (Å²) in [6.07, 6.45) is -1.76. The second-order valence-corrected chi connectivity index (χ2v) is 8.10. The van der Waals surface area contributed by atoms with Crippen LogP contribution in [-0.4, -0.2) is 6.73 Å². The molecule has 3 aromatic rings. The molecule has 0 atom stereocenters. The van der Waals surface area contributed by atoms with Crippen molar-refractivity contribution in [2.75, 3.05) is 11.6 Å². The fourth-order valence-corrected chi connectivity index (χ4v) is 4.25. The van der Waals surface area contributed by atoms with Gasteiger partial charge in [0.2, 0.25) is 0 Å². The normalized spacial score (nSPS) is 13.9. The summed E-state index contributed by atoms with van der Waals surface area (Å²) in [4.78, 5) is 13.8. The van der Waals surface area contributed by atoms with Crippen LogP contribution in [0.1, 0.15) is 42.0 Å². The van der Waals surface area contributed by atoms with E-state index < -0.39 is 17.4 Å². The number of aryl methyl sites for hydroxylation is 2. The Morgan fingerprint density at radius 1 is 1.19 bits per heavy atom. The molecule has 0 amide bonds. The van der Waals surface area contributed by atoms with Gasteiger partial charge >= 0.3 is 11.8 Å². The number of ether oxygens (including phenoxy) is 1. The first kappa shape index (κ1) is 21.6. The van der Waals surface area contributed by atoms with Crippen molar-refractivity contribution in [1.29, 1.82) is 0 Å². The summed E-state index contributed by atoms with van der Waals surface area (Å²) in [6.45, 7) is 4.45. The second-order valence-electron chi connectivity index (χ2n) is 7.70. The highest BCUT2D eigenvalue weighted by Crippen LogP contribution is 2.40. The Morgan fingerprint density at radius 2 is 1.97 bits per heavy atom. The van der Waals surface area contributed by atoms with Crippen LogP contribution in [0, 0.1) is 6.92 Å². The lowest BCUT2D eigenvalue weighted by Gasteiger charge is -2.32. The van der Waals surface area contributed by atoms with Gasteiger partial charge in [-0.25, -0.2) is 4.79 Å². The highest BCUT2D eigenvalue weighted by molar-refractivity contribution is 6.33. The molecule has 0 radical (unpaired) electrons. The van der Waals surface area contributed by atoms with Gasteiger partial charge in [0.1, 0.15) is 11.3 Å². The first-order valence-electron chi connectivity index (χ1n) is 10.0. The van der Waals surface area contributed by atoms with E-state index in [-0.39, 0.29) is 11.8 Å². The van der Waals surface area contributed by atoms with Crippen molar-refractivity contribution in [2.24, 2.45) is 0 Å². The lowest BCUT2D eigenvalue weighted by Crippen LogP contribution is -2.32. The van der Waals surface area contributed by atoms with Gasteiger partial charge in [-0.05, 0) is 49.6 Å². The smallest absolute Gasteiger partial charge is 0.416 e. The minimum Gasteiger partial charge on any atom is -0.472 e. The molecule has 0 unspecified atom stereocenters. The van der Waals surface area contributed by atoms with E-state index in [2.05, 4.69) is 6.92 Å². The SMILES string of the molecule is CCCCc1cc(=O)oc2c(C)c3c(cc12)CN(c1ccc(C(F)(F)F)cc1Cl)CO3. The average molecular weight is 452 g/mol. The zero-order chi connectivity index (χ0) is 22.3. The van der Waals surface area contributed by atoms with E-state index >= 15 is 0 Å². The van der Waals surface area contributed by atoms with E-state index in [1.54, 1.807) is 4.90 Å². The molecule has 164 valence electrons. The number of anilines is 1. The number of halogens is 4. The fraction of sp³-hybridized carbons (Fsp3) is 0.348. The summed E-state index contributed by atoms with van der Waals surface area (Å²) in [5.41, 5.74) is 2.30. The van der Waals surface area contributed by atoms with Crippen molar-refractivity contribution >= 4 is 28.3 Å². The molecule has 0 saturated carbocycles. The van der Waals surface area contributed by atoms with Crippen molar-refractivity contribution in [3.8, 4) is 5.75 Å². The summed E-state index contributed by atoms with van der Waals surface area (Å²) in [5, 5.41) is 0.863. The number of nitrogens with zero attached hydrogens (tertiary/aromatic N) is 1. The minimum absolute atomic E-state index is 0.00835. The molecule has 1 aliphatic heterocycles. The predicted molar refractivity (Wildman–Crippen MR) is 114 cm³/mol. The van der Waals surface area contributed by atoms with Crippen LogP contribution in [-0.2, 0) is 19.1 Å². The third kappa shape index (κ3) is 4.11. The van der Waals surface area contributed by atoms with Gasteiger partial charge in [0.25, 0.3) is 0 Å². The molecule has 4 rings (SSSR count). The number of rotatable bonds is 4. The van der Waals surface area contributed by atoms with Crippen molar-refractivity contribution in [1.82, 2.24) is 0 Å². The topological polar surface area (TPSA) is 42.7 Å². The van der Waals surface area contributed by atoms with Crippen molar-refractivity contribution in [2.45, 2.75) is 45.8 Å². The Morgan fingerprint density at radius 3 is 2.65 bits per heavy atom. The summed E-state index contributed by atoms with van der Waals surface area (Å²) in [6, 6.07) is 6.77. The van der Waals surface area contributed by atoms with Gasteiger partial charge in [-0.1, -0.05) is 24.9 Å². The Bertz CT molecular complexity index is 1200. The van der Waals surface area contributed by atoms with E-state index in [4.69, 9.17) is 20.8 Å². The van der Waals surface area contributed by atoms with Gasteiger partial charge < -0.3 is 14.1 Å². The van der Waals surface area contributed by atoms with Crippen LogP contribution in [0.2, 0.25) is 5.02 Å². The summed E-state index contributed by atoms with van der Waals surface area (Å²) in [7, 11) is 0. The lowest BCUT2D eigenvalue weighted by molar-refractivity contribution is -0.137. The van der Waals surface area contributed by atoms with Crippen LogP contribution >= 0.6 is 11.6 Å². The van der Waals surface area contributed by atoms with E-state index in [1.165, 1.54) is 12.1 Å². The molecular weight excluding hydrogens is 431 g/mol. The molecule has 4 nitrogen and oxygen atoms in total. The van der Waals surface area contributed by atoms with Gasteiger partial charge in [0.15, 0.2) is 6.73 Å². The third-order valence-electron chi connectivity index (χ3n) is 5.52. The largest absolute Gasteiger partial charge is 0.472 e. The van der Waals surface area contributed by atoms with Crippen molar-refractivity contribution in [3.05, 3.63) is 68.0 Å². The van der Waals surface area contributed by atoms with Crippen LogP contribution in [0.4, 0.5) is 18.9 Å². The second kappa shape index (κ2) is 8.11. The van der Waals surface area contributed by atoms with E-state index in [0.29, 0.717) is 23.6 Å². The van der Waals surface area contributed by atoms with Crippen LogP contribution in [0.3, 0.4) is 0 Å². The molecular formula is C23H21ClF3NO3. The van der Waals surface area contributed by atoms with Gasteiger partial charge in [-0.15, -0.1) is 0 Å². The molecule has 0 spiro atoms. The average Bonchev–Trinajstić information content (AvgIpc) is 2.72. The molecule has 0 bridgehead atoms. The highest BCUT2D eigenvalue weighted by Gasteiger charge is 2.32. The van der Waals surface area contributed by atoms with Crippen LogP contribution in [0.5, 0.6) is 5.75 Å². The van der Waals surface area contributed by atoms with Crippen molar-refractivity contribution < 1.29 is 22.3 Å². The fourth-order valence-electron chi connectivity index (χ4n) is 3.95. The van der Waals surface area contributed by atoms with Gasteiger partial charge in [0.05, 0.1) is 16.3 Å². The predicted octanol–water partition coefficient (Wildman–Crippen LogP) is 6.47. The molecule has 1 aliphatic rings. The van der Waals surface area contributed by atoms with E-state index in [1.807, 2.05) is 13.0 Å². The maximum atomic E-state index is 13.0. The zero-order valence-corrected chi connectivity index (χ0v) is 17.9. The maximum absolute atomic E-state index is 13.0. The molecule has 2 heterocycles. The Kier molecular flexibility index (Phi) is 5.64. The number of alkyl halides is 3. The number of hydrogen-bond donors (Lipinski definition) is 0. The molecule has 0 saturated heterocycles. The standard InChI is InChI=1S/C23H21ClF3NO3/c1-3-4-5-14-9-20(29)31-22-13(2)21-15(8-17(14)22)11-28(12-30-21)19-7-6-16(10-18(19)24)23(25,26)27/h6-10H,3-5,11-12H2,1-2H3. The number of fused-ring (bicyclic) bond motifs is 2. The lowest BCUT2D eigenvalue weighted by atomic mass is 9.98. The summed E-state index contributed by atoms with van der Waals surface area (Å²) in [5.74, 6) is 0.627. The Hall–Kier alpha value is -2.67. The van der Waals surface area contributed by atoms with Crippen LogP contribution in [0.15, 0.2) is 39.5 Å². The molecule has 0 aliphatic carbocycles. The molecule has 1 aromatic heterocycles. The molecule has 0 N–H and O–H groups in total. The molecule has 31 heavy (non-hydrogen) atoms. The van der Waals surface area contributed by atoms with E-state index in [9.17, 15) is 18.0 Å². The maximum Gasteiger partial charge on any atom is 0.416 e. The Labute approximate surface area is 182 Å². The number of unbranched alkanes of at least 4 members (excludes halogenated alkanes) is 1.